The van der Waals surface area contributed by atoms with Crippen LogP contribution in [0.1, 0.15) is 40.7 Å². The van der Waals surface area contributed by atoms with Gasteiger partial charge in [-0.25, -0.2) is 4.79 Å². The Labute approximate surface area is 161 Å². The van der Waals surface area contributed by atoms with E-state index in [4.69, 9.17) is 9.47 Å². The van der Waals surface area contributed by atoms with Crippen molar-refractivity contribution in [2.45, 2.75) is 26.4 Å². The molecule has 1 N–H and O–H groups in total. The van der Waals surface area contributed by atoms with Crippen LogP contribution in [0.3, 0.4) is 0 Å². The monoisotopic (exact) mass is 384 g/mol. The summed E-state index contributed by atoms with van der Waals surface area (Å²) in [5.74, 6) is 0.880. The van der Waals surface area contributed by atoms with Crippen molar-refractivity contribution < 1.29 is 19.4 Å². The van der Waals surface area contributed by atoms with Crippen LogP contribution in [-0.2, 0) is 11.3 Å². The van der Waals surface area contributed by atoms with E-state index in [9.17, 15) is 9.90 Å². The molecule has 0 fully saturated rings. The van der Waals surface area contributed by atoms with Gasteiger partial charge in [0.15, 0.2) is 0 Å². The number of aromatic nitrogens is 2. The molecule has 0 saturated carbocycles. The van der Waals surface area contributed by atoms with E-state index in [1.165, 1.54) is 7.11 Å². The second-order valence-electron chi connectivity index (χ2n) is 6.20. The first kappa shape index (κ1) is 19.0. The molecule has 3 aromatic rings. The van der Waals surface area contributed by atoms with Crippen molar-refractivity contribution in [2.75, 3.05) is 7.11 Å². The predicted octanol–water partition coefficient (Wildman–Crippen LogP) is 4.40. The van der Waals surface area contributed by atoms with Crippen LogP contribution in [0, 0.1) is 0 Å². The van der Waals surface area contributed by atoms with Gasteiger partial charge in [0.05, 0.1) is 19.3 Å². The Balaban J connectivity index is 1.82. The highest BCUT2D eigenvalue weighted by atomic mass is 32.1. The summed E-state index contributed by atoms with van der Waals surface area (Å²) < 4.78 is 10.6. The van der Waals surface area contributed by atoms with E-state index in [1.807, 2.05) is 24.3 Å². The molecule has 0 spiro atoms. The van der Waals surface area contributed by atoms with Gasteiger partial charge in [-0.2, -0.15) is 0 Å². The number of esters is 1. The number of hydrogen-bond acceptors (Lipinski definition) is 7. The third kappa shape index (κ3) is 4.32. The third-order valence-corrected chi connectivity index (χ3v) is 5.20. The molecule has 27 heavy (non-hydrogen) atoms. The van der Waals surface area contributed by atoms with Crippen molar-refractivity contribution in [3.63, 3.8) is 0 Å². The predicted molar refractivity (Wildman–Crippen MR) is 103 cm³/mol. The molecule has 1 heterocycles. The van der Waals surface area contributed by atoms with Crippen molar-refractivity contribution in [1.82, 2.24) is 10.2 Å². The number of aliphatic hydroxyl groups excluding tert-OH is 1. The molecule has 7 heteroatoms. The van der Waals surface area contributed by atoms with Gasteiger partial charge in [-0.3, -0.25) is 0 Å². The molecule has 0 radical (unpaired) electrons. The summed E-state index contributed by atoms with van der Waals surface area (Å²) in [6.07, 6.45) is 0. The highest BCUT2D eigenvalue weighted by Crippen LogP contribution is 2.31. The Hall–Kier alpha value is -2.77. The van der Waals surface area contributed by atoms with Crippen molar-refractivity contribution in [2.24, 2.45) is 0 Å². The smallest absolute Gasteiger partial charge is 0.337 e. The molecule has 0 aliphatic carbocycles. The van der Waals surface area contributed by atoms with Crippen molar-refractivity contribution >= 4 is 17.3 Å². The zero-order valence-electron chi connectivity index (χ0n) is 15.3. The molecule has 6 nitrogen and oxygen atoms in total. The Bertz CT molecular complexity index is 935. The van der Waals surface area contributed by atoms with E-state index in [1.54, 1.807) is 29.5 Å². The van der Waals surface area contributed by atoms with Gasteiger partial charge in [-0.1, -0.05) is 31.3 Å². The van der Waals surface area contributed by atoms with Gasteiger partial charge < -0.3 is 14.6 Å². The fourth-order valence-electron chi connectivity index (χ4n) is 2.40. The molecule has 0 aliphatic rings. The van der Waals surface area contributed by atoms with Crippen LogP contribution in [0.15, 0.2) is 42.5 Å². The summed E-state index contributed by atoms with van der Waals surface area (Å²) in [4.78, 5) is 11.7. The molecule has 3 rings (SSSR count). The van der Waals surface area contributed by atoms with Crippen molar-refractivity contribution in [1.29, 1.82) is 0 Å². The first-order chi connectivity index (χ1) is 13.0. The van der Waals surface area contributed by atoms with Crippen molar-refractivity contribution in [3.8, 4) is 22.1 Å². The van der Waals surface area contributed by atoms with E-state index >= 15 is 0 Å². The largest absolute Gasteiger partial charge is 0.465 e. The maximum Gasteiger partial charge on any atom is 0.337 e. The SMILES string of the molecule is COC(=O)c1ccc(CO)c(Oc2ccc(-c3nnc(C(C)C)s3)cc2)c1. The number of ether oxygens (including phenoxy) is 2. The Kier molecular flexibility index (Phi) is 5.83. The van der Waals surface area contributed by atoms with Crippen LogP contribution in [-0.4, -0.2) is 28.4 Å². The van der Waals surface area contributed by atoms with E-state index in [0.29, 0.717) is 28.5 Å². The second-order valence-corrected chi connectivity index (χ2v) is 7.21. The van der Waals surface area contributed by atoms with Gasteiger partial charge in [0.25, 0.3) is 0 Å². The number of rotatable bonds is 6. The molecule has 0 bridgehead atoms. The molecule has 0 aliphatic heterocycles. The fraction of sp³-hybridized carbons (Fsp3) is 0.250. The quantitative estimate of drug-likeness (QED) is 0.635. The number of nitrogens with zero attached hydrogens (tertiary/aromatic N) is 2. The Morgan fingerprint density at radius 2 is 1.89 bits per heavy atom. The molecule has 0 atom stereocenters. The summed E-state index contributed by atoms with van der Waals surface area (Å²) in [7, 11) is 1.32. The zero-order valence-corrected chi connectivity index (χ0v) is 16.1. The number of benzene rings is 2. The lowest BCUT2D eigenvalue weighted by atomic mass is 10.1. The topological polar surface area (TPSA) is 81.5 Å². The minimum absolute atomic E-state index is 0.197. The molecule has 1 aromatic heterocycles. The summed E-state index contributed by atoms with van der Waals surface area (Å²) in [6, 6.07) is 12.2. The normalized spacial score (nSPS) is 10.9. The lowest BCUT2D eigenvalue weighted by molar-refractivity contribution is 0.0600. The molecule has 0 amide bonds. The third-order valence-electron chi connectivity index (χ3n) is 3.92. The van der Waals surface area contributed by atoms with E-state index in [0.717, 1.165) is 15.6 Å². The minimum Gasteiger partial charge on any atom is -0.465 e. The van der Waals surface area contributed by atoms with Gasteiger partial charge in [-0.05, 0) is 36.4 Å². The molecule has 0 saturated heterocycles. The van der Waals surface area contributed by atoms with E-state index in [-0.39, 0.29) is 6.61 Å². The van der Waals surface area contributed by atoms with Gasteiger partial charge in [-0.15, -0.1) is 10.2 Å². The fourth-order valence-corrected chi connectivity index (χ4v) is 3.25. The molecule has 140 valence electrons. The number of carbonyl (C=O) groups excluding carboxylic acids is 1. The van der Waals surface area contributed by atoms with Gasteiger partial charge in [0.2, 0.25) is 0 Å². The molecule has 0 unspecified atom stereocenters. The lowest BCUT2D eigenvalue weighted by Gasteiger charge is -2.11. The summed E-state index contributed by atoms with van der Waals surface area (Å²) in [5.41, 5.74) is 1.89. The van der Waals surface area contributed by atoms with E-state index < -0.39 is 5.97 Å². The number of carbonyl (C=O) groups is 1. The highest BCUT2D eigenvalue weighted by Gasteiger charge is 2.13. The number of hydrogen-bond donors (Lipinski definition) is 1. The summed E-state index contributed by atoms with van der Waals surface area (Å²) in [6.45, 7) is 3.97. The van der Waals surface area contributed by atoms with Gasteiger partial charge >= 0.3 is 5.97 Å². The maximum atomic E-state index is 11.7. The molecular weight excluding hydrogens is 364 g/mol. The first-order valence-corrected chi connectivity index (χ1v) is 9.27. The standard InChI is InChI=1S/C20H20N2O4S/c1-12(2)18-21-22-19(27-18)13-6-8-16(9-7-13)26-17-10-14(20(24)25-3)4-5-15(17)11-23/h4-10,12,23H,11H2,1-3H3. The number of aliphatic hydroxyl groups is 1. The summed E-state index contributed by atoms with van der Waals surface area (Å²) in [5, 5.41) is 19.8. The highest BCUT2D eigenvalue weighted by molar-refractivity contribution is 7.14. The number of methoxy groups -OCH3 is 1. The average molecular weight is 384 g/mol. The Morgan fingerprint density at radius 3 is 2.48 bits per heavy atom. The van der Waals surface area contributed by atoms with Gasteiger partial charge in [0, 0.05) is 17.0 Å². The van der Waals surface area contributed by atoms with Crippen LogP contribution in [0.5, 0.6) is 11.5 Å². The maximum absolute atomic E-state index is 11.7. The molecule has 2 aromatic carbocycles. The van der Waals surface area contributed by atoms with Crippen LogP contribution >= 0.6 is 11.3 Å². The molecular formula is C20H20N2O4S. The Morgan fingerprint density at radius 1 is 1.15 bits per heavy atom. The average Bonchev–Trinajstić information content (AvgIpc) is 3.18. The minimum atomic E-state index is -0.461. The van der Waals surface area contributed by atoms with Crippen LogP contribution in [0.2, 0.25) is 0 Å². The van der Waals surface area contributed by atoms with Crippen LogP contribution in [0.4, 0.5) is 0 Å². The first-order valence-electron chi connectivity index (χ1n) is 8.45. The van der Waals surface area contributed by atoms with Crippen molar-refractivity contribution in [3.05, 3.63) is 58.6 Å². The zero-order chi connectivity index (χ0) is 19.4. The second kappa shape index (κ2) is 8.28. The van der Waals surface area contributed by atoms with Crippen LogP contribution in [0.25, 0.3) is 10.6 Å². The lowest BCUT2D eigenvalue weighted by Crippen LogP contribution is -2.02. The summed E-state index contributed by atoms with van der Waals surface area (Å²) >= 11 is 1.57. The van der Waals surface area contributed by atoms with E-state index in [2.05, 4.69) is 24.0 Å². The van der Waals surface area contributed by atoms with Crippen LogP contribution < -0.4 is 4.74 Å². The van der Waals surface area contributed by atoms with Gasteiger partial charge in [0.1, 0.15) is 21.5 Å².